The lowest BCUT2D eigenvalue weighted by molar-refractivity contribution is -0.147. The first-order chi connectivity index (χ1) is 12.2. The number of benzene rings is 1. The molecule has 1 heterocycles. The van der Waals surface area contributed by atoms with Crippen LogP contribution in [0.2, 0.25) is 0 Å². The van der Waals surface area contributed by atoms with Crippen LogP contribution in [0, 0.1) is 0 Å². The van der Waals surface area contributed by atoms with Gasteiger partial charge in [-0.2, -0.15) is 13.2 Å². The van der Waals surface area contributed by atoms with Crippen molar-refractivity contribution >= 4 is 28.8 Å². The number of ether oxygens (including phenoxy) is 1. The van der Waals surface area contributed by atoms with Gasteiger partial charge in [-0.1, -0.05) is 24.3 Å². The number of carbonyl (C=O) groups excluding carboxylic acids is 3. The molecule has 7 nitrogen and oxygen atoms in total. The number of imide groups is 1. The molecule has 0 spiro atoms. The van der Waals surface area contributed by atoms with Gasteiger partial charge in [0, 0.05) is 11.6 Å². The highest BCUT2D eigenvalue weighted by Gasteiger charge is 2.28. The van der Waals surface area contributed by atoms with E-state index in [9.17, 15) is 27.6 Å². The summed E-state index contributed by atoms with van der Waals surface area (Å²) < 4.78 is 40.5. The number of nitrogens with zero attached hydrogens (tertiary/aromatic N) is 1. The van der Waals surface area contributed by atoms with Crippen molar-refractivity contribution in [2.24, 2.45) is 0 Å². The third-order valence-electron chi connectivity index (χ3n) is 3.12. The van der Waals surface area contributed by atoms with Crippen LogP contribution in [0.15, 0.2) is 36.5 Å². The molecule has 0 bridgehead atoms. The summed E-state index contributed by atoms with van der Waals surface area (Å²) in [6, 6.07) is 7.49. The van der Waals surface area contributed by atoms with Crippen molar-refractivity contribution in [2.75, 3.05) is 13.2 Å². The largest absolute Gasteiger partial charge is 0.455 e. The van der Waals surface area contributed by atoms with Crippen LogP contribution in [0.3, 0.4) is 0 Å². The maximum absolute atomic E-state index is 11.9. The standard InChI is InChI=1S/C16H14F3N3O4/c17-16(18,19)9-21-15(25)22-12(23)8-26-13(24)7-11-4-1-3-10-5-2-6-20-14(10)11/h1-6H,7-9H2,(H2,21,22,23,25). The van der Waals surface area contributed by atoms with Crippen molar-refractivity contribution in [3.05, 3.63) is 42.1 Å². The normalized spacial score (nSPS) is 11.0. The molecule has 26 heavy (non-hydrogen) atoms. The zero-order valence-corrected chi connectivity index (χ0v) is 13.3. The number of carbonyl (C=O) groups is 3. The number of alkyl halides is 3. The number of para-hydroxylation sites is 1. The van der Waals surface area contributed by atoms with Crippen molar-refractivity contribution in [1.82, 2.24) is 15.6 Å². The van der Waals surface area contributed by atoms with Crippen LogP contribution in [0.1, 0.15) is 5.56 Å². The van der Waals surface area contributed by atoms with E-state index in [4.69, 9.17) is 4.74 Å². The molecule has 0 aliphatic rings. The fourth-order valence-corrected chi connectivity index (χ4v) is 2.05. The first-order valence-electron chi connectivity index (χ1n) is 7.37. The Hall–Kier alpha value is -3.17. The van der Waals surface area contributed by atoms with Crippen LogP contribution in [0.25, 0.3) is 10.9 Å². The minimum Gasteiger partial charge on any atom is -0.455 e. The van der Waals surface area contributed by atoms with Gasteiger partial charge in [0.05, 0.1) is 11.9 Å². The van der Waals surface area contributed by atoms with Gasteiger partial charge in [-0.15, -0.1) is 0 Å². The average molecular weight is 369 g/mol. The van der Waals surface area contributed by atoms with Crippen LogP contribution < -0.4 is 10.6 Å². The zero-order valence-electron chi connectivity index (χ0n) is 13.3. The first kappa shape index (κ1) is 19.2. The Morgan fingerprint density at radius 2 is 1.85 bits per heavy atom. The van der Waals surface area contributed by atoms with Gasteiger partial charge in [0.1, 0.15) is 6.54 Å². The van der Waals surface area contributed by atoms with E-state index >= 15 is 0 Å². The summed E-state index contributed by atoms with van der Waals surface area (Å²) in [5, 5.41) is 3.91. The maximum atomic E-state index is 11.9. The average Bonchev–Trinajstić information content (AvgIpc) is 2.58. The second-order valence-electron chi connectivity index (χ2n) is 5.18. The molecule has 1 aromatic heterocycles. The summed E-state index contributed by atoms with van der Waals surface area (Å²) >= 11 is 0. The molecule has 0 saturated heterocycles. The molecule has 0 saturated carbocycles. The van der Waals surface area contributed by atoms with Gasteiger partial charge < -0.3 is 10.1 Å². The number of esters is 1. The molecule has 10 heteroatoms. The molecule has 0 aliphatic carbocycles. The predicted octanol–water partition coefficient (Wildman–Crippen LogP) is 1.71. The monoisotopic (exact) mass is 369 g/mol. The van der Waals surface area contributed by atoms with Crippen molar-refractivity contribution in [3.63, 3.8) is 0 Å². The highest BCUT2D eigenvalue weighted by Crippen LogP contribution is 2.16. The molecule has 2 aromatic rings. The number of halogens is 3. The molecule has 2 rings (SSSR count). The van der Waals surface area contributed by atoms with E-state index in [-0.39, 0.29) is 6.42 Å². The number of hydrogen-bond acceptors (Lipinski definition) is 5. The van der Waals surface area contributed by atoms with Gasteiger partial charge in [0.2, 0.25) is 0 Å². The molecule has 1 aromatic carbocycles. The lowest BCUT2D eigenvalue weighted by Gasteiger charge is -2.09. The van der Waals surface area contributed by atoms with Gasteiger partial charge in [0.25, 0.3) is 5.91 Å². The Morgan fingerprint density at radius 3 is 2.58 bits per heavy atom. The molecule has 138 valence electrons. The van der Waals surface area contributed by atoms with E-state index in [1.807, 2.05) is 12.1 Å². The molecule has 0 fully saturated rings. The van der Waals surface area contributed by atoms with E-state index in [1.54, 1.807) is 29.7 Å². The molecule has 0 unspecified atom stereocenters. The lowest BCUT2D eigenvalue weighted by atomic mass is 10.1. The van der Waals surface area contributed by atoms with Crippen molar-refractivity contribution in [3.8, 4) is 0 Å². The number of urea groups is 1. The van der Waals surface area contributed by atoms with Crippen LogP contribution in [0.4, 0.5) is 18.0 Å². The molecule has 0 aliphatic heterocycles. The van der Waals surface area contributed by atoms with E-state index in [1.165, 1.54) is 5.32 Å². The Morgan fingerprint density at radius 1 is 1.12 bits per heavy atom. The molecule has 2 N–H and O–H groups in total. The number of nitrogens with one attached hydrogen (secondary N) is 2. The maximum Gasteiger partial charge on any atom is 0.405 e. The van der Waals surface area contributed by atoms with Crippen molar-refractivity contribution < 1.29 is 32.3 Å². The second kappa shape index (κ2) is 8.28. The summed E-state index contributed by atoms with van der Waals surface area (Å²) in [7, 11) is 0. The number of amides is 3. The first-order valence-corrected chi connectivity index (χ1v) is 7.37. The summed E-state index contributed by atoms with van der Waals surface area (Å²) in [4.78, 5) is 38.5. The van der Waals surface area contributed by atoms with Gasteiger partial charge in [-0.25, -0.2) is 4.79 Å². The van der Waals surface area contributed by atoms with Crippen LogP contribution in [-0.4, -0.2) is 42.2 Å². The molecular weight excluding hydrogens is 355 g/mol. The van der Waals surface area contributed by atoms with Crippen molar-refractivity contribution in [2.45, 2.75) is 12.6 Å². The highest BCUT2D eigenvalue weighted by atomic mass is 19.4. The van der Waals surface area contributed by atoms with E-state index in [0.29, 0.717) is 11.1 Å². The number of rotatable bonds is 5. The summed E-state index contributed by atoms with van der Waals surface area (Å²) in [6.45, 7) is -2.38. The molecule has 0 radical (unpaired) electrons. The molecule has 0 atom stereocenters. The fourth-order valence-electron chi connectivity index (χ4n) is 2.05. The number of fused-ring (bicyclic) bond motifs is 1. The van der Waals surface area contributed by atoms with Crippen molar-refractivity contribution in [1.29, 1.82) is 0 Å². The summed E-state index contributed by atoms with van der Waals surface area (Å²) in [6.07, 6.45) is -3.18. The molecule has 3 amide bonds. The Kier molecular flexibility index (Phi) is 6.10. The fraction of sp³-hybridized carbons (Fsp3) is 0.250. The number of pyridine rings is 1. The second-order valence-corrected chi connectivity index (χ2v) is 5.18. The van der Waals surface area contributed by atoms with Gasteiger partial charge in [-0.3, -0.25) is 19.9 Å². The highest BCUT2D eigenvalue weighted by molar-refractivity contribution is 5.95. The zero-order chi connectivity index (χ0) is 19.2. The third-order valence-corrected chi connectivity index (χ3v) is 3.12. The van der Waals surface area contributed by atoms with Gasteiger partial charge in [0.15, 0.2) is 6.61 Å². The van der Waals surface area contributed by atoms with E-state index < -0.39 is 37.2 Å². The number of hydrogen-bond donors (Lipinski definition) is 2. The topological polar surface area (TPSA) is 97.4 Å². The quantitative estimate of drug-likeness (QED) is 0.782. The van der Waals surface area contributed by atoms with E-state index in [0.717, 1.165) is 5.39 Å². The molecular formula is C16H14F3N3O4. The Balaban J connectivity index is 1.81. The van der Waals surface area contributed by atoms with E-state index in [2.05, 4.69) is 4.98 Å². The minimum absolute atomic E-state index is 0.151. The van der Waals surface area contributed by atoms with Crippen LogP contribution >= 0.6 is 0 Å². The van der Waals surface area contributed by atoms with Gasteiger partial charge in [-0.05, 0) is 11.6 Å². The third kappa shape index (κ3) is 6.04. The summed E-state index contributed by atoms with van der Waals surface area (Å²) in [5.74, 6) is -1.79. The lowest BCUT2D eigenvalue weighted by Crippen LogP contribution is -2.44. The minimum atomic E-state index is -4.60. The summed E-state index contributed by atoms with van der Waals surface area (Å²) in [5.41, 5.74) is 1.21. The van der Waals surface area contributed by atoms with Gasteiger partial charge >= 0.3 is 18.2 Å². The predicted molar refractivity (Wildman–Crippen MR) is 84.0 cm³/mol. The SMILES string of the molecule is O=C(COC(=O)Cc1cccc2cccnc12)NC(=O)NCC(F)(F)F. The Labute approximate surface area is 145 Å². The smallest absolute Gasteiger partial charge is 0.405 e. The number of aromatic nitrogens is 1. The van der Waals surface area contributed by atoms with Crippen LogP contribution in [0.5, 0.6) is 0 Å². The Bertz CT molecular complexity index is 818. The van der Waals surface area contributed by atoms with Crippen LogP contribution in [-0.2, 0) is 20.7 Å².